The first-order chi connectivity index (χ1) is 5.66. The molecule has 0 heterocycles. The lowest BCUT2D eigenvalue weighted by Gasteiger charge is -1.87. The second-order valence-electron chi connectivity index (χ2n) is 2.19. The normalized spacial score (nSPS) is 11.9. The van der Waals surface area contributed by atoms with Crippen molar-refractivity contribution < 1.29 is 9.18 Å². The zero-order valence-corrected chi connectivity index (χ0v) is 6.79. The van der Waals surface area contributed by atoms with Crippen LogP contribution in [0, 0.1) is 0 Å². The molecule has 0 spiro atoms. The third-order valence-electron chi connectivity index (χ3n) is 1.11. The Morgan fingerprint density at radius 3 is 2.75 bits per heavy atom. The summed E-state index contributed by atoms with van der Waals surface area (Å²) in [6.45, 7) is 3.33. The molecule has 0 aliphatic heterocycles. The van der Waals surface area contributed by atoms with Crippen molar-refractivity contribution in [1.82, 2.24) is 0 Å². The predicted octanol–water partition coefficient (Wildman–Crippen LogP) is 1.85. The highest BCUT2D eigenvalue weighted by Gasteiger charge is 1.89. The Hall–Kier alpha value is -1.38. The highest BCUT2D eigenvalue weighted by Crippen LogP contribution is 2.00. The lowest BCUT2D eigenvalue weighted by atomic mass is 10.2. The molecule has 0 saturated heterocycles. The number of rotatable bonds is 5. The van der Waals surface area contributed by atoms with Gasteiger partial charge in [0.2, 0.25) is 5.91 Å². The van der Waals surface area contributed by atoms with Crippen molar-refractivity contribution in [3.05, 3.63) is 36.7 Å². The van der Waals surface area contributed by atoms with Crippen LogP contribution in [-0.2, 0) is 4.79 Å². The van der Waals surface area contributed by atoms with E-state index in [1.165, 1.54) is 18.2 Å². The summed E-state index contributed by atoms with van der Waals surface area (Å²) in [5, 5.41) is 0. The Balaban J connectivity index is 3.68. The van der Waals surface area contributed by atoms with Gasteiger partial charge in [-0.05, 0) is 18.6 Å². The summed E-state index contributed by atoms with van der Waals surface area (Å²) < 4.78 is 12.5. The molecule has 0 rings (SSSR count). The van der Waals surface area contributed by atoms with Crippen LogP contribution >= 0.6 is 0 Å². The topological polar surface area (TPSA) is 43.1 Å². The number of primary amides is 1. The largest absolute Gasteiger partial charge is 0.370 e. The molecule has 2 N–H and O–H groups in total. The van der Waals surface area contributed by atoms with Crippen molar-refractivity contribution in [2.24, 2.45) is 5.73 Å². The molecule has 0 aromatic heterocycles. The van der Waals surface area contributed by atoms with Crippen molar-refractivity contribution >= 4 is 5.91 Å². The molecule has 0 bridgehead atoms. The minimum atomic E-state index is -0.382. The Kier molecular flexibility index (Phi) is 5.61. The van der Waals surface area contributed by atoms with Gasteiger partial charge in [-0.25, -0.2) is 4.39 Å². The molecule has 2 nitrogen and oxygen atoms in total. The van der Waals surface area contributed by atoms with Gasteiger partial charge in [-0.3, -0.25) is 4.79 Å². The average molecular weight is 169 g/mol. The van der Waals surface area contributed by atoms with Gasteiger partial charge in [0.15, 0.2) is 0 Å². The van der Waals surface area contributed by atoms with E-state index in [2.05, 4.69) is 6.58 Å². The monoisotopic (exact) mass is 169 g/mol. The highest BCUT2D eigenvalue weighted by atomic mass is 19.1. The fraction of sp³-hybridized carbons (Fsp3) is 0.222. The quantitative estimate of drug-likeness (QED) is 0.627. The van der Waals surface area contributed by atoms with Crippen molar-refractivity contribution in [3.8, 4) is 0 Å². The second kappa shape index (κ2) is 6.34. The molecule has 0 aromatic rings. The molecule has 0 aliphatic rings. The van der Waals surface area contributed by atoms with Gasteiger partial charge in [0, 0.05) is 6.42 Å². The maximum absolute atomic E-state index is 12.5. The molecule has 0 atom stereocenters. The Bertz CT molecular complexity index is 219. The van der Waals surface area contributed by atoms with Crippen LogP contribution < -0.4 is 5.73 Å². The molecule has 0 saturated carbocycles. The van der Waals surface area contributed by atoms with Crippen LogP contribution in [0.15, 0.2) is 36.7 Å². The summed E-state index contributed by atoms with van der Waals surface area (Å²) in [5.41, 5.74) is 4.87. The highest BCUT2D eigenvalue weighted by molar-refractivity contribution is 5.73. The molecule has 1 amide bonds. The minimum Gasteiger partial charge on any atom is -0.370 e. The number of amides is 1. The van der Waals surface area contributed by atoms with Crippen LogP contribution in [0.3, 0.4) is 0 Å². The number of allylic oxidation sites excluding steroid dienone is 5. The van der Waals surface area contributed by atoms with E-state index in [0.717, 1.165) is 0 Å². The third kappa shape index (κ3) is 6.74. The third-order valence-corrected chi connectivity index (χ3v) is 1.11. The zero-order valence-electron chi connectivity index (χ0n) is 6.79. The number of halogens is 1. The van der Waals surface area contributed by atoms with Gasteiger partial charge in [-0.2, -0.15) is 0 Å². The van der Waals surface area contributed by atoms with Gasteiger partial charge in [0.05, 0.1) is 0 Å². The van der Waals surface area contributed by atoms with Crippen molar-refractivity contribution in [2.75, 3.05) is 0 Å². The Morgan fingerprint density at radius 1 is 1.58 bits per heavy atom. The van der Waals surface area contributed by atoms with Crippen LogP contribution in [-0.4, -0.2) is 5.91 Å². The molecular formula is C9H12FNO. The summed E-state index contributed by atoms with van der Waals surface area (Å²) in [7, 11) is 0. The van der Waals surface area contributed by atoms with E-state index in [1.54, 1.807) is 6.08 Å². The maximum atomic E-state index is 12.5. The molecule has 0 aliphatic carbocycles. The predicted molar refractivity (Wildman–Crippen MR) is 47.0 cm³/mol. The van der Waals surface area contributed by atoms with Crippen molar-refractivity contribution in [2.45, 2.75) is 12.8 Å². The number of nitrogens with two attached hydrogens (primary N) is 1. The fourth-order valence-electron chi connectivity index (χ4n) is 0.590. The van der Waals surface area contributed by atoms with Crippen LogP contribution in [0.1, 0.15) is 12.8 Å². The molecule has 12 heavy (non-hydrogen) atoms. The van der Waals surface area contributed by atoms with Gasteiger partial charge in [-0.15, -0.1) is 0 Å². The molecule has 0 unspecified atom stereocenters. The first kappa shape index (κ1) is 10.6. The maximum Gasteiger partial charge on any atom is 0.217 e. The lowest BCUT2D eigenvalue weighted by molar-refractivity contribution is -0.117. The van der Waals surface area contributed by atoms with Crippen molar-refractivity contribution in [3.63, 3.8) is 0 Å². The van der Waals surface area contributed by atoms with Gasteiger partial charge in [0.25, 0.3) is 0 Å². The van der Waals surface area contributed by atoms with Crippen LogP contribution in [0.5, 0.6) is 0 Å². The molecule has 0 fully saturated rings. The summed E-state index contributed by atoms with van der Waals surface area (Å²) in [6, 6.07) is 0. The van der Waals surface area contributed by atoms with E-state index < -0.39 is 0 Å². The van der Waals surface area contributed by atoms with E-state index in [-0.39, 0.29) is 18.2 Å². The van der Waals surface area contributed by atoms with Gasteiger partial charge < -0.3 is 5.73 Å². The molecule has 0 aromatic carbocycles. The standard InChI is InChI=1S/C9H12FNO/c1-2-5-8(10)6-3-4-7-9(11)12/h2-3,5-6H,1,4,7H2,(H2,11,12)/b6-3-,8-5+. The number of hydrogen-bond donors (Lipinski definition) is 1. The van der Waals surface area contributed by atoms with E-state index in [0.29, 0.717) is 6.42 Å². The Labute approximate surface area is 71.3 Å². The smallest absolute Gasteiger partial charge is 0.217 e. The van der Waals surface area contributed by atoms with Crippen LogP contribution in [0.4, 0.5) is 4.39 Å². The van der Waals surface area contributed by atoms with Crippen LogP contribution in [0.25, 0.3) is 0 Å². The van der Waals surface area contributed by atoms with E-state index in [4.69, 9.17) is 5.73 Å². The first-order valence-electron chi connectivity index (χ1n) is 3.60. The van der Waals surface area contributed by atoms with E-state index >= 15 is 0 Å². The molecule has 0 radical (unpaired) electrons. The fourth-order valence-corrected chi connectivity index (χ4v) is 0.590. The second-order valence-corrected chi connectivity index (χ2v) is 2.19. The molecule has 66 valence electrons. The minimum absolute atomic E-state index is 0.248. The average Bonchev–Trinajstić information content (AvgIpc) is 1.98. The summed E-state index contributed by atoms with van der Waals surface area (Å²) in [6.07, 6.45) is 6.14. The molecular weight excluding hydrogens is 157 g/mol. The van der Waals surface area contributed by atoms with E-state index in [1.807, 2.05) is 0 Å². The SMILES string of the molecule is C=C/C=C(F)\C=C/CCC(N)=O. The number of carbonyl (C=O) groups excluding carboxylic acids is 1. The number of carbonyl (C=O) groups is 1. The molecule has 3 heteroatoms. The van der Waals surface area contributed by atoms with Gasteiger partial charge in [-0.1, -0.05) is 18.7 Å². The Morgan fingerprint density at radius 2 is 2.25 bits per heavy atom. The summed E-state index contributed by atoms with van der Waals surface area (Å²) in [5.74, 6) is -0.762. The van der Waals surface area contributed by atoms with E-state index in [9.17, 15) is 9.18 Å². The van der Waals surface area contributed by atoms with Crippen molar-refractivity contribution in [1.29, 1.82) is 0 Å². The first-order valence-corrected chi connectivity index (χ1v) is 3.60. The van der Waals surface area contributed by atoms with Gasteiger partial charge in [0.1, 0.15) is 5.83 Å². The van der Waals surface area contributed by atoms with Gasteiger partial charge >= 0.3 is 0 Å². The summed E-state index contributed by atoms with van der Waals surface area (Å²) >= 11 is 0. The lowest BCUT2D eigenvalue weighted by Crippen LogP contribution is -2.08. The zero-order chi connectivity index (χ0) is 9.40. The van der Waals surface area contributed by atoms with Crippen LogP contribution in [0.2, 0.25) is 0 Å². The summed E-state index contributed by atoms with van der Waals surface area (Å²) in [4.78, 5) is 10.2. The number of hydrogen-bond acceptors (Lipinski definition) is 1.